The molecule has 1 saturated carbocycles. The number of nitrogens with zero attached hydrogens (tertiary/aromatic N) is 2. The SMILES string of the molecule is Cn1c(C2CC2)nc2cc(NC(=O)NCc3ccccc3)ccc21. The minimum absolute atomic E-state index is 0.212. The predicted octanol–water partition coefficient (Wildman–Crippen LogP) is 3.77. The average molecular weight is 320 g/mol. The molecule has 1 aliphatic rings. The highest BCUT2D eigenvalue weighted by Gasteiger charge is 2.28. The summed E-state index contributed by atoms with van der Waals surface area (Å²) in [4.78, 5) is 16.8. The summed E-state index contributed by atoms with van der Waals surface area (Å²) in [6.45, 7) is 0.504. The first kappa shape index (κ1) is 14.8. The number of hydrogen-bond donors (Lipinski definition) is 2. The van der Waals surface area contributed by atoms with Gasteiger partial charge in [-0.15, -0.1) is 0 Å². The van der Waals surface area contributed by atoms with Crippen LogP contribution in [0.1, 0.15) is 30.1 Å². The van der Waals surface area contributed by atoms with Crippen LogP contribution in [0.3, 0.4) is 0 Å². The quantitative estimate of drug-likeness (QED) is 0.769. The van der Waals surface area contributed by atoms with Crippen LogP contribution in [0.15, 0.2) is 48.5 Å². The largest absolute Gasteiger partial charge is 0.334 e. The van der Waals surface area contributed by atoms with Gasteiger partial charge in [0.1, 0.15) is 5.82 Å². The van der Waals surface area contributed by atoms with Crippen LogP contribution in [-0.2, 0) is 13.6 Å². The zero-order valence-corrected chi connectivity index (χ0v) is 13.6. The third-order valence-corrected chi connectivity index (χ3v) is 4.41. The number of anilines is 1. The molecule has 1 aromatic heterocycles. The summed E-state index contributed by atoms with van der Waals surface area (Å²) in [5, 5.41) is 5.74. The third kappa shape index (κ3) is 2.97. The molecule has 0 aliphatic heterocycles. The number of hydrogen-bond acceptors (Lipinski definition) is 2. The highest BCUT2D eigenvalue weighted by atomic mass is 16.2. The van der Waals surface area contributed by atoms with Crippen molar-refractivity contribution in [3.63, 3.8) is 0 Å². The maximum atomic E-state index is 12.1. The molecule has 1 fully saturated rings. The van der Waals surface area contributed by atoms with E-state index in [0.717, 1.165) is 28.1 Å². The first-order valence-corrected chi connectivity index (χ1v) is 8.26. The van der Waals surface area contributed by atoms with Crippen molar-refractivity contribution in [3.05, 3.63) is 59.9 Å². The monoisotopic (exact) mass is 320 g/mol. The van der Waals surface area contributed by atoms with E-state index in [4.69, 9.17) is 4.98 Å². The Balaban J connectivity index is 1.45. The fraction of sp³-hybridized carbons (Fsp3) is 0.263. The molecular weight excluding hydrogens is 300 g/mol. The van der Waals surface area contributed by atoms with E-state index in [0.29, 0.717) is 12.5 Å². The molecule has 0 saturated heterocycles. The molecule has 5 nitrogen and oxygen atoms in total. The van der Waals surface area contributed by atoms with Crippen LogP contribution in [0.4, 0.5) is 10.5 Å². The van der Waals surface area contributed by atoms with Crippen LogP contribution < -0.4 is 10.6 Å². The predicted molar refractivity (Wildman–Crippen MR) is 95.0 cm³/mol. The van der Waals surface area contributed by atoms with Crippen molar-refractivity contribution < 1.29 is 4.79 Å². The van der Waals surface area contributed by atoms with Crippen molar-refractivity contribution in [1.82, 2.24) is 14.9 Å². The van der Waals surface area contributed by atoms with E-state index in [-0.39, 0.29) is 6.03 Å². The number of aromatic nitrogens is 2. The number of urea groups is 1. The van der Waals surface area contributed by atoms with Crippen LogP contribution in [0.5, 0.6) is 0 Å². The highest BCUT2D eigenvalue weighted by Crippen LogP contribution is 2.40. The van der Waals surface area contributed by atoms with Crippen LogP contribution >= 0.6 is 0 Å². The Morgan fingerprint density at radius 1 is 1.21 bits per heavy atom. The smallest absolute Gasteiger partial charge is 0.319 e. The molecule has 1 heterocycles. The summed E-state index contributed by atoms with van der Waals surface area (Å²) in [6.07, 6.45) is 2.45. The molecule has 2 N–H and O–H groups in total. The van der Waals surface area contributed by atoms with Crippen molar-refractivity contribution in [2.75, 3.05) is 5.32 Å². The van der Waals surface area contributed by atoms with Gasteiger partial charge in [-0.05, 0) is 36.6 Å². The van der Waals surface area contributed by atoms with Crippen LogP contribution in [0, 0.1) is 0 Å². The van der Waals surface area contributed by atoms with E-state index >= 15 is 0 Å². The van der Waals surface area contributed by atoms with Crippen molar-refractivity contribution in [2.45, 2.75) is 25.3 Å². The first-order valence-electron chi connectivity index (χ1n) is 8.26. The number of carbonyl (C=O) groups is 1. The summed E-state index contributed by atoms with van der Waals surface area (Å²) < 4.78 is 2.16. The molecule has 24 heavy (non-hydrogen) atoms. The molecule has 1 aliphatic carbocycles. The Morgan fingerprint density at radius 2 is 2.00 bits per heavy atom. The van der Waals surface area contributed by atoms with Gasteiger partial charge in [0.15, 0.2) is 0 Å². The summed E-state index contributed by atoms with van der Waals surface area (Å²) in [5.41, 5.74) is 3.86. The number of nitrogens with one attached hydrogen (secondary N) is 2. The van der Waals surface area contributed by atoms with Crippen LogP contribution in [0.25, 0.3) is 11.0 Å². The summed E-state index contributed by atoms with van der Waals surface area (Å²) in [6, 6.07) is 15.5. The maximum absolute atomic E-state index is 12.1. The molecule has 0 spiro atoms. The lowest BCUT2D eigenvalue weighted by Gasteiger charge is -2.08. The molecule has 0 atom stereocenters. The first-order chi connectivity index (χ1) is 11.7. The second-order valence-electron chi connectivity index (χ2n) is 6.30. The second kappa shape index (κ2) is 6.00. The van der Waals surface area contributed by atoms with E-state index in [1.165, 1.54) is 12.8 Å². The number of benzene rings is 2. The number of fused-ring (bicyclic) bond motifs is 1. The fourth-order valence-electron chi connectivity index (χ4n) is 2.96. The minimum atomic E-state index is -0.212. The summed E-state index contributed by atoms with van der Waals surface area (Å²) in [5.74, 6) is 1.75. The molecular formula is C19H20N4O. The fourth-order valence-corrected chi connectivity index (χ4v) is 2.96. The van der Waals surface area contributed by atoms with Gasteiger partial charge in [0.05, 0.1) is 11.0 Å². The van der Waals surface area contributed by atoms with Gasteiger partial charge >= 0.3 is 6.03 Å². The van der Waals surface area contributed by atoms with E-state index in [9.17, 15) is 4.79 Å². The van der Waals surface area contributed by atoms with Gasteiger partial charge in [0.25, 0.3) is 0 Å². The van der Waals surface area contributed by atoms with Gasteiger partial charge in [-0.2, -0.15) is 0 Å². The normalized spacial score (nSPS) is 13.9. The van der Waals surface area contributed by atoms with Crippen molar-refractivity contribution in [1.29, 1.82) is 0 Å². The topological polar surface area (TPSA) is 59.0 Å². The number of aryl methyl sites for hydroxylation is 1. The van der Waals surface area contributed by atoms with Crippen molar-refractivity contribution >= 4 is 22.8 Å². The zero-order valence-electron chi connectivity index (χ0n) is 13.6. The van der Waals surface area contributed by atoms with Gasteiger partial charge in [-0.25, -0.2) is 9.78 Å². The second-order valence-corrected chi connectivity index (χ2v) is 6.30. The standard InChI is InChI=1S/C19H20N4O/c1-23-17-10-9-15(11-16(17)22-18(23)14-7-8-14)21-19(24)20-12-13-5-3-2-4-6-13/h2-6,9-11,14H,7-8,12H2,1H3,(H2,20,21,24). The summed E-state index contributed by atoms with van der Waals surface area (Å²) in [7, 11) is 2.06. The molecule has 0 bridgehead atoms. The molecule has 0 unspecified atom stereocenters. The molecule has 0 radical (unpaired) electrons. The van der Waals surface area contributed by atoms with Crippen LogP contribution in [-0.4, -0.2) is 15.6 Å². The maximum Gasteiger partial charge on any atom is 0.319 e. The molecule has 2 aromatic carbocycles. The van der Waals surface area contributed by atoms with Gasteiger partial charge < -0.3 is 15.2 Å². The van der Waals surface area contributed by atoms with E-state index in [2.05, 4.69) is 22.2 Å². The molecule has 2 amide bonds. The number of rotatable bonds is 4. The van der Waals surface area contributed by atoms with E-state index in [1.807, 2.05) is 48.5 Å². The lowest BCUT2D eigenvalue weighted by Crippen LogP contribution is -2.28. The molecule has 122 valence electrons. The van der Waals surface area contributed by atoms with E-state index < -0.39 is 0 Å². The number of amides is 2. The number of carbonyl (C=O) groups excluding carboxylic acids is 1. The average Bonchev–Trinajstić information content (AvgIpc) is 3.39. The molecule has 3 aromatic rings. The Bertz CT molecular complexity index is 881. The number of imidazole rings is 1. The third-order valence-electron chi connectivity index (χ3n) is 4.41. The Morgan fingerprint density at radius 3 is 2.75 bits per heavy atom. The van der Waals surface area contributed by atoms with Gasteiger partial charge in [-0.1, -0.05) is 30.3 Å². The Hall–Kier alpha value is -2.82. The molecule has 5 heteroatoms. The highest BCUT2D eigenvalue weighted by molar-refractivity contribution is 5.92. The minimum Gasteiger partial charge on any atom is -0.334 e. The van der Waals surface area contributed by atoms with Crippen molar-refractivity contribution in [3.8, 4) is 0 Å². The van der Waals surface area contributed by atoms with Crippen molar-refractivity contribution in [2.24, 2.45) is 7.05 Å². The lowest BCUT2D eigenvalue weighted by atomic mass is 10.2. The van der Waals surface area contributed by atoms with Gasteiger partial charge in [0.2, 0.25) is 0 Å². The molecule has 4 rings (SSSR count). The van der Waals surface area contributed by atoms with Crippen LogP contribution in [0.2, 0.25) is 0 Å². The summed E-state index contributed by atoms with van der Waals surface area (Å²) >= 11 is 0. The Kier molecular flexibility index (Phi) is 3.69. The van der Waals surface area contributed by atoms with Gasteiger partial charge in [-0.3, -0.25) is 0 Å². The Labute approximate surface area is 140 Å². The van der Waals surface area contributed by atoms with Gasteiger partial charge in [0, 0.05) is 25.2 Å². The lowest BCUT2D eigenvalue weighted by molar-refractivity contribution is 0.251. The zero-order chi connectivity index (χ0) is 16.5. The van der Waals surface area contributed by atoms with E-state index in [1.54, 1.807) is 0 Å².